The molecule has 2 aromatic rings. The number of piperazine rings is 1. The molecule has 1 aromatic carbocycles. The molecule has 0 saturated carbocycles. The average Bonchev–Trinajstić information content (AvgIpc) is 2.68. The summed E-state index contributed by atoms with van der Waals surface area (Å²) in [5, 5.41) is 11.3. The van der Waals surface area contributed by atoms with E-state index in [1.165, 1.54) is 12.1 Å². The number of hydrogen-bond acceptors (Lipinski definition) is 4. The van der Waals surface area contributed by atoms with Gasteiger partial charge in [-0.05, 0) is 42.5 Å². The zero-order valence-electron chi connectivity index (χ0n) is 14.3. The summed E-state index contributed by atoms with van der Waals surface area (Å²) in [6, 6.07) is 10.6. The molecule has 0 bridgehead atoms. The number of rotatable bonds is 2. The number of benzene rings is 1. The first-order chi connectivity index (χ1) is 12.8. The lowest BCUT2D eigenvalue weighted by atomic mass is 10.1. The summed E-state index contributed by atoms with van der Waals surface area (Å²) in [6.45, 7) is 2.19. The normalized spacial score (nSPS) is 14.8. The van der Waals surface area contributed by atoms with Crippen LogP contribution < -0.4 is 10.2 Å². The summed E-state index contributed by atoms with van der Waals surface area (Å²) in [6.07, 6.45) is -2.75. The van der Waals surface area contributed by atoms with E-state index >= 15 is 0 Å². The molecule has 1 aromatic heterocycles. The van der Waals surface area contributed by atoms with E-state index in [0.717, 1.165) is 6.07 Å². The molecule has 2 N–H and O–H groups in total. The standard InChI is InChI=1S/C18H18F3N5S/c19-18(20,21)13-4-3-5-14(12-13)25-8-10-26(11-9-25)17(27)24-16(22)15-6-1-2-7-23-15/h1-7,12H,8-11H2,(H2,22,24,27). The molecule has 0 unspecified atom stereocenters. The zero-order chi connectivity index (χ0) is 19.4. The molecule has 9 heteroatoms. The first kappa shape index (κ1) is 19.1. The van der Waals surface area contributed by atoms with Gasteiger partial charge in [-0.25, -0.2) is 0 Å². The van der Waals surface area contributed by atoms with Crippen LogP contribution in [-0.2, 0) is 6.18 Å². The van der Waals surface area contributed by atoms with E-state index in [1.54, 1.807) is 30.5 Å². The Kier molecular flexibility index (Phi) is 5.59. The molecule has 2 heterocycles. The van der Waals surface area contributed by atoms with E-state index in [-0.39, 0.29) is 5.84 Å². The molecule has 142 valence electrons. The third-order valence-corrected chi connectivity index (χ3v) is 4.62. The number of amidine groups is 1. The summed E-state index contributed by atoms with van der Waals surface area (Å²) >= 11 is 5.35. The molecule has 1 aliphatic rings. The van der Waals surface area contributed by atoms with Crippen LogP contribution in [0.3, 0.4) is 0 Å². The summed E-state index contributed by atoms with van der Waals surface area (Å²) in [5.41, 5.74) is 0.385. The van der Waals surface area contributed by atoms with Gasteiger partial charge in [-0.2, -0.15) is 13.2 Å². The molecule has 1 saturated heterocycles. The van der Waals surface area contributed by atoms with E-state index in [1.807, 2.05) is 9.80 Å². The highest BCUT2D eigenvalue weighted by atomic mass is 32.1. The van der Waals surface area contributed by atoms with Crippen molar-refractivity contribution in [1.29, 1.82) is 5.41 Å². The molecule has 0 amide bonds. The number of hydrogen-bond donors (Lipinski definition) is 2. The minimum absolute atomic E-state index is 0.112. The number of anilines is 1. The van der Waals surface area contributed by atoms with E-state index in [4.69, 9.17) is 17.6 Å². The molecule has 0 radical (unpaired) electrons. The molecular weight excluding hydrogens is 375 g/mol. The summed E-state index contributed by atoms with van der Waals surface area (Å²) in [5.74, 6) is 0.112. The molecule has 3 rings (SSSR count). The quantitative estimate of drug-likeness (QED) is 0.467. The Hall–Kier alpha value is -2.68. The van der Waals surface area contributed by atoms with Crippen molar-refractivity contribution in [3.63, 3.8) is 0 Å². The summed E-state index contributed by atoms with van der Waals surface area (Å²) in [7, 11) is 0. The lowest BCUT2D eigenvalue weighted by molar-refractivity contribution is -0.137. The molecular formula is C18H18F3N5S. The molecule has 5 nitrogen and oxygen atoms in total. The van der Waals surface area contributed by atoms with Gasteiger partial charge in [0.1, 0.15) is 5.69 Å². The van der Waals surface area contributed by atoms with Gasteiger partial charge in [0.05, 0.1) is 5.56 Å². The van der Waals surface area contributed by atoms with Gasteiger partial charge < -0.3 is 15.1 Å². The third-order valence-electron chi connectivity index (χ3n) is 4.26. The van der Waals surface area contributed by atoms with Gasteiger partial charge in [0.2, 0.25) is 0 Å². The minimum Gasteiger partial charge on any atom is -0.368 e. The number of pyridine rings is 1. The fourth-order valence-electron chi connectivity index (χ4n) is 2.81. The van der Waals surface area contributed by atoms with Crippen LogP contribution in [0.25, 0.3) is 0 Å². The third kappa shape index (κ3) is 4.73. The number of aromatic nitrogens is 1. The van der Waals surface area contributed by atoms with Crippen molar-refractivity contribution >= 4 is 28.9 Å². The van der Waals surface area contributed by atoms with Crippen molar-refractivity contribution < 1.29 is 13.2 Å². The predicted molar refractivity (Wildman–Crippen MR) is 102 cm³/mol. The van der Waals surface area contributed by atoms with Crippen LogP contribution >= 0.6 is 12.2 Å². The second-order valence-electron chi connectivity index (χ2n) is 6.04. The lowest BCUT2D eigenvalue weighted by Crippen LogP contribution is -2.52. The fraction of sp³-hybridized carbons (Fsp3) is 0.278. The zero-order valence-corrected chi connectivity index (χ0v) is 15.1. The van der Waals surface area contributed by atoms with Gasteiger partial charge in [0.25, 0.3) is 0 Å². The van der Waals surface area contributed by atoms with Crippen molar-refractivity contribution in [1.82, 2.24) is 15.2 Å². The van der Waals surface area contributed by atoms with Crippen LogP contribution in [0.4, 0.5) is 18.9 Å². The predicted octanol–water partition coefficient (Wildman–Crippen LogP) is 3.12. The summed E-state index contributed by atoms with van der Waals surface area (Å²) in [4.78, 5) is 7.89. The van der Waals surface area contributed by atoms with Crippen LogP contribution in [0.2, 0.25) is 0 Å². The smallest absolute Gasteiger partial charge is 0.368 e. The van der Waals surface area contributed by atoms with Crippen molar-refractivity contribution in [2.24, 2.45) is 0 Å². The van der Waals surface area contributed by atoms with Crippen molar-refractivity contribution in [2.75, 3.05) is 31.1 Å². The van der Waals surface area contributed by atoms with Gasteiger partial charge >= 0.3 is 6.18 Å². The van der Waals surface area contributed by atoms with E-state index in [2.05, 4.69) is 10.3 Å². The topological polar surface area (TPSA) is 55.3 Å². The Morgan fingerprint density at radius 1 is 1.07 bits per heavy atom. The van der Waals surface area contributed by atoms with Gasteiger partial charge in [0, 0.05) is 38.1 Å². The first-order valence-electron chi connectivity index (χ1n) is 8.33. The van der Waals surface area contributed by atoms with Gasteiger partial charge in [-0.1, -0.05) is 12.1 Å². The van der Waals surface area contributed by atoms with E-state index in [0.29, 0.717) is 42.7 Å². The second-order valence-corrected chi connectivity index (χ2v) is 6.43. The van der Waals surface area contributed by atoms with Gasteiger partial charge in [-0.15, -0.1) is 0 Å². The number of halogens is 3. The minimum atomic E-state index is -4.35. The molecule has 0 spiro atoms. The number of alkyl halides is 3. The molecule has 1 aliphatic heterocycles. The van der Waals surface area contributed by atoms with Crippen LogP contribution in [-0.4, -0.2) is 47.0 Å². The summed E-state index contributed by atoms with van der Waals surface area (Å²) < 4.78 is 38.7. The average molecular weight is 393 g/mol. The maximum absolute atomic E-state index is 12.9. The SMILES string of the molecule is N=C(NC(=S)N1CCN(c2cccc(C(F)(F)F)c2)CC1)c1ccccn1. The maximum atomic E-state index is 12.9. The fourth-order valence-corrected chi connectivity index (χ4v) is 3.09. The highest BCUT2D eigenvalue weighted by molar-refractivity contribution is 7.80. The molecule has 0 aliphatic carbocycles. The van der Waals surface area contributed by atoms with Crippen LogP contribution in [0, 0.1) is 5.41 Å². The lowest BCUT2D eigenvalue weighted by Gasteiger charge is -2.37. The highest BCUT2D eigenvalue weighted by Crippen LogP contribution is 2.31. The Bertz CT molecular complexity index is 817. The van der Waals surface area contributed by atoms with Crippen LogP contribution in [0.15, 0.2) is 48.7 Å². The Morgan fingerprint density at radius 2 is 1.81 bits per heavy atom. The van der Waals surface area contributed by atoms with Crippen molar-refractivity contribution in [3.8, 4) is 0 Å². The Balaban J connectivity index is 1.57. The monoisotopic (exact) mass is 393 g/mol. The largest absolute Gasteiger partial charge is 0.416 e. The van der Waals surface area contributed by atoms with Gasteiger partial charge in [0.15, 0.2) is 10.9 Å². The number of nitrogens with zero attached hydrogens (tertiary/aromatic N) is 3. The van der Waals surface area contributed by atoms with Crippen LogP contribution in [0.1, 0.15) is 11.3 Å². The Morgan fingerprint density at radius 3 is 2.44 bits per heavy atom. The molecule has 0 atom stereocenters. The highest BCUT2D eigenvalue weighted by Gasteiger charge is 2.31. The Labute approximate surface area is 160 Å². The van der Waals surface area contributed by atoms with Crippen molar-refractivity contribution in [2.45, 2.75) is 6.18 Å². The first-order valence-corrected chi connectivity index (χ1v) is 8.73. The second kappa shape index (κ2) is 7.91. The molecule has 27 heavy (non-hydrogen) atoms. The van der Waals surface area contributed by atoms with Crippen molar-refractivity contribution in [3.05, 3.63) is 59.9 Å². The van der Waals surface area contributed by atoms with Gasteiger partial charge in [-0.3, -0.25) is 10.4 Å². The van der Waals surface area contributed by atoms with Crippen LogP contribution in [0.5, 0.6) is 0 Å². The number of thiocarbonyl (C=S) groups is 1. The number of nitrogens with one attached hydrogen (secondary N) is 2. The van der Waals surface area contributed by atoms with E-state index < -0.39 is 11.7 Å². The maximum Gasteiger partial charge on any atom is 0.416 e. The van der Waals surface area contributed by atoms with E-state index in [9.17, 15) is 13.2 Å². The molecule has 1 fully saturated rings.